The molecule has 0 atom stereocenters. The van der Waals surface area contributed by atoms with Crippen LogP contribution in [0.1, 0.15) is 0 Å². The van der Waals surface area contributed by atoms with Gasteiger partial charge in [0.25, 0.3) is 10.1 Å². The minimum absolute atomic E-state index is 0.0741. The minimum atomic E-state index is -4.00. The summed E-state index contributed by atoms with van der Waals surface area (Å²) in [5.74, 6) is 0. The molecule has 15 heavy (non-hydrogen) atoms. The summed E-state index contributed by atoms with van der Waals surface area (Å²) in [7, 11) is -4.00. The first kappa shape index (κ1) is 15.5. The SMILES string of the molecule is O=S(=O)(O)c1ccccc1.[Li][P](=O)(Cl)Cl. The van der Waals surface area contributed by atoms with Crippen molar-refractivity contribution in [1.29, 1.82) is 0 Å². The fourth-order valence-electron chi connectivity index (χ4n) is 0.592. The van der Waals surface area contributed by atoms with Crippen LogP contribution in [-0.4, -0.2) is 30.2 Å². The number of hydrogen-bond acceptors (Lipinski definition) is 3. The van der Waals surface area contributed by atoms with E-state index in [0.29, 0.717) is 0 Å². The third-order valence-electron chi connectivity index (χ3n) is 1.04. The summed E-state index contributed by atoms with van der Waals surface area (Å²) in [4.78, 5) is -0.0741. The number of rotatable bonds is 1. The van der Waals surface area contributed by atoms with Crippen molar-refractivity contribution in [2.45, 2.75) is 4.90 Å². The van der Waals surface area contributed by atoms with Crippen LogP contribution in [0.5, 0.6) is 0 Å². The Hall–Kier alpha value is 0.537. The van der Waals surface area contributed by atoms with Crippen molar-refractivity contribution in [3.63, 3.8) is 0 Å². The van der Waals surface area contributed by atoms with Crippen molar-refractivity contribution in [1.82, 2.24) is 0 Å². The van der Waals surface area contributed by atoms with Crippen molar-refractivity contribution >= 4 is 54.1 Å². The normalized spacial score (nSPS) is 11.5. The molecule has 4 nitrogen and oxygen atoms in total. The van der Waals surface area contributed by atoms with E-state index in [1.165, 1.54) is 29.4 Å². The molecule has 0 radical (unpaired) electrons. The zero-order valence-electron chi connectivity index (χ0n) is 7.67. The molecule has 0 saturated heterocycles. The molecule has 0 aliphatic rings. The second kappa shape index (κ2) is 6.32. The summed E-state index contributed by atoms with van der Waals surface area (Å²) in [5.41, 5.74) is 0. The van der Waals surface area contributed by atoms with Crippen LogP contribution in [0.25, 0.3) is 0 Å². The maximum atomic E-state index is 10.4. The van der Waals surface area contributed by atoms with Gasteiger partial charge in [-0.25, -0.2) is 0 Å². The van der Waals surface area contributed by atoms with Gasteiger partial charge in [0.05, 0.1) is 4.90 Å². The van der Waals surface area contributed by atoms with Gasteiger partial charge in [0.15, 0.2) is 0 Å². The van der Waals surface area contributed by atoms with Crippen LogP contribution in [-0.2, 0) is 14.7 Å². The zero-order chi connectivity index (χ0) is 12.1. The third-order valence-corrected chi connectivity index (χ3v) is 1.91. The Labute approximate surface area is 106 Å². The van der Waals surface area contributed by atoms with E-state index in [-0.39, 0.29) is 4.90 Å². The molecular weight excluding hydrogens is 277 g/mol. The van der Waals surface area contributed by atoms with Gasteiger partial charge in [0.2, 0.25) is 0 Å². The summed E-state index contributed by atoms with van der Waals surface area (Å²) < 4.78 is 36.3. The molecule has 1 aromatic carbocycles. The van der Waals surface area contributed by atoms with Gasteiger partial charge in [-0.1, -0.05) is 18.2 Å². The molecule has 0 unspecified atom stereocenters. The Morgan fingerprint density at radius 1 is 1.20 bits per heavy atom. The number of benzene rings is 1. The predicted octanol–water partition coefficient (Wildman–Crippen LogP) is 2.67. The molecule has 0 saturated carbocycles. The Morgan fingerprint density at radius 3 is 1.73 bits per heavy atom. The molecule has 0 aliphatic carbocycles. The maximum absolute atomic E-state index is 10.4. The van der Waals surface area contributed by atoms with E-state index >= 15 is 0 Å². The van der Waals surface area contributed by atoms with Crippen LogP contribution >= 0.6 is 26.8 Å². The quantitative estimate of drug-likeness (QED) is 0.488. The molecule has 1 aromatic rings. The molecule has 1 N–H and O–H groups in total. The Kier molecular flexibility index (Phi) is 6.54. The van der Waals surface area contributed by atoms with Gasteiger partial charge in [-0.05, 0) is 12.1 Å². The van der Waals surface area contributed by atoms with E-state index in [0.717, 1.165) is 0 Å². The van der Waals surface area contributed by atoms with Gasteiger partial charge < -0.3 is 0 Å². The molecular formula is C6H6Cl2LiO4PS. The van der Waals surface area contributed by atoms with E-state index in [9.17, 15) is 13.0 Å². The molecule has 0 bridgehead atoms. The van der Waals surface area contributed by atoms with Gasteiger partial charge in [0, 0.05) is 0 Å². The zero-order valence-corrected chi connectivity index (χ0v) is 10.9. The topological polar surface area (TPSA) is 71.4 Å². The summed E-state index contributed by atoms with van der Waals surface area (Å²) in [6.07, 6.45) is 0. The second-order valence-electron chi connectivity index (χ2n) is 2.51. The van der Waals surface area contributed by atoms with Crippen LogP contribution < -0.4 is 0 Å². The van der Waals surface area contributed by atoms with Gasteiger partial charge in [-0.15, -0.1) is 0 Å². The monoisotopic (exact) mass is 282 g/mol. The Bertz CT molecular complexity index is 435. The van der Waals surface area contributed by atoms with Crippen molar-refractivity contribution in [3.8, 4) is 0 Å². The van der Waals surface area contributed by atoms with Crippen LogP contribution in [0.4, 0.5) is 0 Å². The van der Waals surface area contributed by atoms with Gasteiger partial charge >= 0.3 is 48.6 Å². The first-order valence-corrected chi connectivity index (χ1v) is 9.00. The van der Waals surface area contributed by atoms with Crippen LogP contribution in [0.2, 0.25) is 0 Å². The first-order chi connectivity index (χ1) is 6.61. The van der Waals surface area contributed by atoms with Crippen molar-refractivity contribution in [2.24, 2.45) is 0 Å². The van der Waals surface area contributed by atoms with Crippen molar-refractivity contribution in [3.05, 3.63) is 30.3 Å². The third kappa shape index (κ3) is 10.8. The van der Waals surface area contributed by atoms with E-state index in [1.807, 2.05) is 0 Å². The van der Waals surface area contributed by atoms with Crippen LogP contribution in [0.15, 0.2) is 35.2 Å². The molecule has 0 heterocycles. The average molecular weight is 283 g/mol. The molecule has 0 aromatic heterocycles. The molecule has 0 fully saturated rings. The number of hydrogen-bond donors (Lipinski definition) is 1. The van der Waals surface area contributed by atoms with Crippen LogP contribution in [0.3, 0.4) is 0 Å². The molecule has 0 amide bonds. The van der Waals surface area contributed by atoms with E-state index in [1.54, 1.807) is 18.2 Å². The molecule has 0 aliphatic heterocycles. The van der Waals surface area contributed by atoms with E-state index in [2.05, 4.69) is 0 Å². The summed E-state index contributed by atoms with van der Waals surface area (Å²) in [6.45, 7) is 0. The summed E-state index contributed by atoms with van der Waals surface area (Å²) in [6, 6.07) is 7.42. The fraction of sp³-hybridized carbons (Fsp3) is 0. The average Bonchev–Trinajstić information content (AvgIpc) is 2.01. The van der Waals surface area contributed by atoms with Gasteiger partial charge in [0.1, 0.15) is 0 Å². The van der Waals surface area contributed by atoms with Crippen molar-refractivity contribution < 1.29 is 17.5 Å². The van der Waals surface area contributed by atoms with Gasteiger partial charge in [-0.2, -0.15) is 8.42 Å². The predicted molar refractivity (Wildman–Crippen MR) is 61.3 cm³/mol. The Balaban J connectivity index is 0.000000336. The summed E-state index contributed by atoms with van der Waals surface area (Å²) in [5, 5.41) is 0. The van der Waals surface area contributed by atoms with E-state index in [4.69, 9.17) is 27.0 Å². The second-order valence-corrected chi connectivity index (χ2v) is 9.77. The molecule has 9 heteroatoms. The fourth-order valence-corrected chi connectivity index (χ4v) is 1.09. The summed E-state index contributed by atoms with van der Waals surface area (Å²) >= 11 is 11.0. The molecule has 80 valence electrons. The molecule has 0 spiro atoms. The van der Waals surface area contributed by atoms with Gasteiger partial charge in [-0.3, -0.25) is 4.55 Å². The van der Waals surface area contributed by atoms with Crippen molar-refractivity contribution in [2.75, 3.05) is 0 Å². The standard InChI is InChI=1S/C6H6O3S.Cl2OP.Li/c7-10(8,9)6-4-2-1-3-5-6;1-4(2)3;/h1-5H,(H,7,8,9);;/q;+1;-1. The molecule has 1 rings (SSSR count). The Morgan fingerprint density at radius 2 is 1.53 bits per heavy atom. The first-order valence-electron chi connectivity index (χ1n) is 3.60. The number of halogens is 2. The van der Waals surface area contributed by atoms with E-state index < -0.39 is 14.4 Å². The van der Waals surface area contributed by atoms with Crippen LogP contribution in [0, 0.1) is 0 Å².